The van der Waals surface area contributed by atoms with Gasteiger partial charge < -0.3 is 19.3 Å². The van der Waals surface area contributed by atoms with Crippen LogP contribution in [-0.4, -0.2) is 67.6 Å². The summed E-state index contributed by atoms with van der Waals surface area (Å²) in [5.41, 5.74) is 1.78. The van der Waals surface area contributed by atoms with Gasteiger partial charge in [-0.1, -0.05) is 41.4 Å². The zero-order valence-electron chi connectivity index (χ0n) is 23.0. The number of benzene rings is 2. The molecule has 1 unspecified atom stereocenters. The van der Waals surface area contributed by atoms with Gasteiger partial charge in [-0.25, -0.2) is 0 Å². The van der Waals surface area contributed by atoms with Crippen molar-refractivity contribution in [2.45, 2.75) is 63.0 Å². The van der Waals surface area contributed by atoms with E-state index in [1.165, 1.54) is 25.3 Å². The number of piperidine rings is 1. The molecule has 2 aromatic rings. The minimum atomic E-state index is -0.283. The summed E-state index contributed by atoms with van der Waals surface area (Å²) in [4.78, 5) is 30.3. The number of esters is 1. The fourth-order valence-electron chi connectivity index (χ4n) is 6.78. The van der Waals surface area contributed by atoms with Crippen molar-refractivity contribution in [3.8, 4) is 5.75 Å². The highest BCUT2D eigenvalue weighted by atomic mass is 35.5. The number of amides is 1. The van der Waals surface area contributed by atoms with Gasteiger partial charge in [0.2, 0.25) is 5.91 Å². The van der Waals surface area contributed by atoms with Crippen LogP contribution >= 0.6 is 23.2 Å². The van der Waals surface area contributed by atoms with E-state index in [2.05, 4.69) is 17.0 Å². The van der Waals surface area contributed by atoms with E-state index >= 15 is 0 Å². The van der Waals surface area contributed by atoms with E-state index in [9.17, 15) is 9.59 Å². The van der Waals surface area contributed by atoms with Crippen molar-refractivity contribution in [3.05, 3.63) is 63.6 Å². The molecule has 3 aliphatic rings. The van der Waals surface area contributed by atoms with Crippen LogP contribution < -0.4 is 4.74 Å². The number of carbonyl (C=O) groups is 2. The second-order valence-electron chi connectivity index (χ2n) is 11.6. The number of likely N-dealkylation sites (tertiary alicyclic amines) is 1. The Labute approximate surface area is 241 Å². The van der Waals surface area contributed by atoms with Crippen LogP contribution in [0.1, 0.15) is 50.2 Å². The van der Waals surface area contributed by atoms with Crippen LogP contribution in [0.2, 0.25) is 10.0 Å². The van der Waals surface area contributed by atoms with Gasteiger partial charge in [0, 0.05) is 50.9 Å². The molecule has 8 heteroatoms. The van der Waals surface area contributed by atoms with Crippen molar-refractivity contribution in [3.63, 3.8) is 0 Å². The molecule has 1 aliphatic heterocycles. The SMILES string of the molecule is COc1cccc([C@@]23CCN(CC4CC4)C[C@H]2C(OC(C)=O)C[C@H](N(C)C(=O)Cc2ccc(Cl)c(Cl)c2)C3)c1. The molecule has 0 radical (unpaired) electrons. The molecule has 0 aromatic heterocycles. The Morgan fingerprint density at radius 3 is 2.62 bits per heavy atom. The first kappa shape index (κ1) is 28.3. The molecule has 6 nitrogen and oxygen atoms in total. The molecular weight excluding hydrogens is 535 g/mol. The highest BCUT2D eigenvalue weighted by Crippen LogP contribution is 2.52. The molecule has 3 fully saturated rings. The van der Waals surface area contributed by atoms with Gasteiger partial charge in [0.05, 0.1) is 23.6 Å². The maximum absolute atomic E-state index is 13.5. The first-order valence-corrected chi connectivity index (χ1v) is 14.7. The fraction of sp³-hybridized carbons (Fsp3) is 0.548. The molecule has 210 valence electrons. The minimum Gasteiger partial charge on any atom is -0.497 e. The van der Waals surface area contributed by atoms with Crippen molar-refractivity contribution >= 4 is 35.1 Å². The number of rotatable bonds is 8. The molecule has 1 saturated heterocycles. The Hall–Kier alpha value is -2.28. The Balaban J connectivity index is 1.46. The van der Waals surface area contributed by atoms with Crippen LogP contribution in [0.25, 0.3) is 0 Å². The summed E-state index contributed by atoms with van der Waals surface area (Å²) < 4.78 is 11.7. The summed E-state index contributed by atoms with van der Waals surface area (Å²) >= 11 is 12.3. The van der Waals surface area contributed by atoms with E-state index in [1.807, 2.05) is 30.1 Å². The van der Waals surface area contributed by atoms with E-state index in [4.69, 9.17) is 32.7 Å². The lowest BCUT2D eigenvalue weighted by molar-refractivity contribution is -0.160. The van der Waals surface area contributed by atoms with E-state index in [1.54, 1.807) is 19.2 Å². The zero-order valence-corrected chi connectivity index (χ0v) is 24.5. The van der Waals surface area contributed by atoms with Crippen molar-refractivity contribution in [2.75, 3.05) is 33.8 Å². The Bertz CT molecular complexity index is 1220. The Morgan fingerprint density at radius 1 is 1.13 bits per heavy atom. The third kappa shape index (κ3) is 6.23. The van der Waals surface area contributed by atoms with Crippen molar-refractivity contribution in [1.29, 1.82) is 0 Å². The molecule has 2 aromatic carbocycles. The number of methoxy groups -OCH3 is 1. The Morgan fingerprint density at radius 2 is 1.92 bits per heavy atom. The third-order valence-electron chi connectivity index (χ3n) is 9.05. The van der Waals surface area contributed by atoms with Crippen molar-refractivity contribution in [1.82, 2.24) is 9.80 Å². The van der Waals surface area contributed by atoms with Crippen LogP contribution in [0.4, 0.5) is 0 Å². The van der Waals surface area contributed by atoms with E-state index in [-0.39, 0.29) is 41.8 Å². The number of likely N-dealkylation sites (N-methyl/N-ethyl adjacent to an activating group) is 1. The summed E-state index contributed by atoms with van der Waals surface area (Å²) in [6.45, 7) is 4.48. The maximum Gasteiger partial charge on any atom is 0.302 e. The quantitative estimate of drug-likeness (QED) is 0.376. The predicted octanol–water partition coefficient (Wildman–Crippen LogP) is 5.77. The molecule has 0 bridgehead atoms. The smallest absolute Gasteiger partial charge is 0.302 e. The van der Waals surface area contributed by atoms with Gasteiger partial charge in [-0.3, -0.25) is 9.59 Å². The molecule has 2 aliphatic carbocycles. The number of ether oxygens (including phenoxy) is 2. The summed E-state index contributed by atoms with van der Waals surface area (Å²) in [5.74, 6) is 1.48. The zero-order chi connectivity index (χ0) is 27.7. The van der Waals surface area contributed by atoms with Gasteiger partial charge in [-0.2, -0.15) is 0 Å². The summed E-state index contributed by atoms with van der Waals surface area (Å²) in [5, 5.41) is 0.909. The molecular formula is C31H38Cl2N2O4. The summed E-state index contributed by atoms with van der Waals surface area (Å²) in [6, 6.07) is 13.6. The second kappa shape index (κ2) is 11.7. The first-order chi connectivity index (χ1) is 18.7. The maximum atomic E-state index is 13.5. The van der Waals surface area contributed by atoms with Crippen molar-refractivity contribution < 1.29 is 19.1 Å². The van der Waals surface area contributed by atoms with Gasteiger partial charge in [-0.15, -0.1) is 0 Å². The highest BCUT2D eigenvalue weighted by molar-refractivity contribution is 6.42. The lowest BCUT2D eigenvalue weighted by Crippen LogP contribution is -2.62. The molecule has 0 N–H and O–H groups in total. The number of halogens is 2. The Kier molecular flexibility index (Phi) is 8.46. The molecule has 39 heavy (non-hydrogen) atoms. The summed E-state index contributed by atoms with van der Waals surface area (Å²) in [6.07, 6.45) is 4.94. The average molecular weight is 574 g/mol. The number of nitrogens with zero attached hydrogens (tertiary/aromatic N) is 2. The van der Waals surface area contributed by atoms with Crippen LogP contribution in [0, 0.1) is 11.8 Å². The molecule has 1 amide bonds. The number of fused-ring (bicyclic) bond motifs is 1. The first-order valence-electron chi connectivity index (χ1n) is 13.9. The van der Waals surface area contributed by atoms with Crippen LogP contribution in [-0.2, 0) is 26.2 Å². The largest absolute Gasteiger partial charge is 0.497 e. The lowest BCUT2D eigenvalue weighted by atomic mass is 9.56. The molecule has 5 rings (SSSR count). The van der Waals surface area contributed by atoms with Gasteiger partial charge in [0.1, 0.15) is 11.9 Å². The number of hydrogen-bond acceptors (Lipinski definition) is 5. The van der Waals surface area contributed by atoms with Crippen molar-refractivity contribution in [2.24, 2.45) is 11.8 Å². The number of hydrogen-bond donors (Lipinski definition) is 0. The minimum absolute atomic E-state index is 0.00498. The van der Waals surface area contributed by atoms with Gasteiger partial charge in [0.15, 0.2) is 0 Å². The summed E-state index contributed by atoms with van der Waals surface area (Å²) in [7, 11) is 3.56. The average Bonchev–Trinajstić information content (AvgIpc) is 3.74. The van der Waals surface area contributed by atoms with E-state index < -0.39 is 0 Å². The fourth-order valence-corrected chi connectivity index (χ4v) is 7.10. The third-order valence-corrected chi connectivity index (χ3v) is 9.79. The molecule has 0 spiro atoms. The van der Waals surface area contributed by atoms with Crippen LogP contribution in [0.15, 0.2) is 42.5 Å². The topological polar surface area (TPSA) is 59.1 Å². The monoisotopic (exact) mass is 572 g/mol. The van der Waals surface area contributed by atoms with Gasteiger partial charge >= 0.3 is 5.97 Å². The molecule has 2 saturated carbocycles. The standard InChI is InChI=1S/C31H38Cl2N2O4/c1-20(36)39-29-16-24(34(2)30(37)14-22-9-10-27(32)28(33)13-22)17-31(23-5-4-6-25(15-23)38-3)11-12-35(19-26(29)31)18-21-7-8-21/h4-6,9-10,13,15,21,24,26,29H,7-8,11-12,14,16-19H2,1-3H3/t24-,26-,29?,31-/m0/s1. The second-order valence-corrected chi connectivity index (χ2v) is 12.4. The van der Waals surface area contributed by atoms with Gasteiger partial charge in [-0.05, 0) is 73.5 Å². The normalized spacial score (nSPS) is 26.9. The highest BCUT2D eigenvalue weighted by Gasteiger charge is 2.54. The van der Waals surface area contributed by atoms with E-state index in [0.717, 1.165) is 49.7 Å². The van der Waals surface area contributed by atoms with Crippen LogP contribution in [0.3, 0.4) is 0 Å². The molecule has 1 heterocycles. The van der Waals surface area contributed by atoms with E-state index in [0.29, 0.717) is 16.5 Å². The van der Waals surface area contributed by atoms with Crippen LogP contribution in [0.5, 0.6) is 5.75 Å². The van der Waals surface area contributed by atoms with Gasteiger partial charge in [0.25, 0.3) is 0 Å². The molecule has 4 atom stereocenters. The lowest BCUT2D eigenvalue weighted by Gasteiger charge is -2.56. The predicted molar refractivity (Wildman–Crippen MR) is 153 cm³/mol. The number of carbonyl (C=O) groups excluding carboxylic acids is 2.